The summed E-state index contributed by atoms with van der Waals surface area (Å²) in [4.78, 5) is 13.4. The van der Waals surface area contributed by atoms with Gasteiger partial charge in [-0.1, -0.05) is 21.6 Å². The standard InChI is InChI=1S/C9H15NOS2/c1-7(11)10-4-2-3-8-5-12-13-6-9(8)10/h8-9H,2-6H2,1H3/t8-,9+/m1/s1. The molecular formula is C9H15NOS2. The molecule has 0 saturated carbocycles. The highest BCUT2D eigenvalue weighted by Gasteiger charge is 2.34. The number of carbonyl (C=O) groups is 1. The van der Waals surface area contributed by atoms with E-state index in [-0.39, 0.29) is 5.91 Å². The molecule has 74 valence electrons. The molecule has 2 saturated heterocycles. The lowest BCUT2D eigenvalue weighted by Gasteiger charge is -2.42. The number of hydrogen-bond donors (Lipinski definition) is 0. The third-order valence-corrected chi connectivity index (χ3v) is 5.45. The predicted octanol–water partition coefficient (Wildman–Crippen LogP) is 2.01. The first kappa shape index (κ1) is 9.71. The Hall–Kier alpha value is 0.170. The van der Waals surface area contributed by atoms with Gasteiger partial charge in [-0.15, -0.1) is 0 Å². The van der Waals surface area contributed by atoms with Crippen LogP contribution in [0.1, 0.15) is 19.8 Å². The molecule has 0 aromatic carbocycles. The van der Waals surface area contributed by atoms with Crippen LogP contribution in [0.25, 0.3) is 0 Å². The first-order chi connectivity index (χ1) is 6.29. The van der Waals surface area contributed by atoms with E-state index >= 15 is 0 Å². The maximum atomic E-state index is 11.4. The molecule has 2 heterocycles. The van der Waals surface area contributed by atoms with Crippen molar-refractivity contribution in [2.75, 3.05) is 18.1 Å². The minimum atomic E-state index is 0.266. The summed E-state index contributed by atoms with van der Waals surface area (Å²) in [6.45, 7) is 2.69. The van der Waals surface area contributed by atoms with Crippen molar-refractivity contribution in [2.45, 2.75) is 25.8 Å². The lowest BCUT2D eigenvalue weighted by Crippen LogP contribution is -2.50. The van der Waals surface area contributed by atoms with Gasteiger partial charge in [0.1, 0.15) is 0 Å². The zero-order valence-corrected chi connectivity index (χ0v) is 9.50. The van der Waals surface area contributed by atoms with Crippen LogP contribution in [0.15, 0.2) is 0 Å². The third-order valence-electron chi connectivity index (χ3n) is 2.93. The van der Waals surface area contributed by atoms with Gasteiger partial charge >= 0.3 is 0 Å². The number of likely N-dealkylation sites (tertiary alicyclic amines) is 1. The van der Waals surface area contributed by atoms with Crippen molar-refractivity contribution in [3.8, 4) is 0 Å². The summed E-state index contributed by atoms with van der Waals surface area (Å²) in [5, 5.41) is 0. The molecule has 0 unspecified atom stereocenters. The number of fused-ring (bicyclic) bond motifs is 1. The van der Waals surface area contributed by atoms with Crippen LogP contribution in [0.3, 0.4) is 0 Å². The van der Waals surface area contributed by atoms with Gasteiger partial charge < -0.3 is 4.90 Å². The van der Waals surface area contributed by atoms with E-state index in [1.165, 1.54) is 18.6 Å². The molecule has 2 atom stereocenters. The number of nitrogens with zero attached hydrogens (tertiary/aromatic N) is 1. The van der Waals surface area contributed by atoms with E-state index in [1.54, 1.807) is 6.92 Å². The van der Waals surface area contributed by atoms with Crippen LogP contribution in [0.5, 0.6) is 0 Å². The fourth-order valence-electron chi connectivity index (χ4n) is 2.20. The highest BCUT2D eigenvalue weighted by atomic mass is 33.1. The summed E-state index contributed by atoms with van der Waals surface area (Å²) in [6, 6.07) is 0.539. The van der Waals surface area contributed by atoms with Gasteiger partial charge in [-0.3, -0.25) is 4.79 Å². The molecule has 1 amide bonds. The van der Waals surface area contributed by atoms with Gasteiger partial charge in [0.2, 0.25) is 5.91 Å². The fourth-order valence-corrected chi connectivity index (χ4v) is 5.07. The Labute approximate surface area is 87.2 Å². The minimum Gasteiger partial charge on any atom is -0.339 e. The average Bonchev–Trinajstić information content (AvgIpc) is 2.17. The summed E-state index contributed by atoms with van der Waals surface area (Å²) in [6.07, 6.45) is 2.52. The molecule has 2 nitrogen and oxygen atoms in total. The van der Waals surface area contributed by atoms with Crippen LogP contribution < -0.4 is 0 Å². The monoisotopic (exact) mass is 217 g/mol. The second-order valence-electron chi connectivity index (χ2n) is 3.75. The normalized spacial score (nSPS) is 34.1. The molecular weight excluding hydrogens is 202 g/mol. The molecule has 13 heavy (non-hydrogen) atoms. The maximum absolute atomic E-state index is 11.4. The number of carbonyl (C=O) groups excluding carboxylic acids is 1. The van der Waals surface area contributed by atoms with Gasteiger partial charge in [0, 0.05) is 31.0 Å². The van der Waals surface area contributed by atoms with Gasteiger partial charge in [0.05, 0.1) is 0 Å². The predicted molar refractivity (Wildman–Crippen MR) is 58.8 cm³/mol. The Morgan fingerprint density at radius 3 is 2.92 bits per heavy atom. The van der Waals surface area contributed by atoms with Gasteiger partial charge in [0.15, 0.2) is 0 Å². The highest BCUT2D eigenvalue weighted by Crippen LogP contribution is 2.39. The smallest absolute Gasteiger partial charge is 0.219 e. The second kappa shape index (κ2) is 4.13. The van der Waals surface area contributed by atoms with E-state index in [0.717, 1.165) is 18.2 Å². The molecule has 2 rings (SSSR count). The summed E-state index contributed by atoms with van der Waals surface area (Å²) >= 11 is 0. The van der Waals surface area contributed by atoms with Crippen molar-refractivity contribution >= 4 is 27.5 Å². The zero-order chi connectivity index (χ0) is 9.26. The lowest BCUT2D eigenvalue weighted by molar-refractivity contribution is -0.133. The van der Waals surface area contributed by atoms with E-state index < -0.39 is 0 Å². The molecule has 0 N–H and O–H groups in total. The molecule has 2 aliphatic rings. The topological polar surface area (TPSA) is 20.3 Å². The number of piperidine rings is 1. The molecule has 0 spiro atoms. The van der Waals surface area contributed by atoms with Gasteiger partial charge in [-0.05, 0) is 18.8 Å². The second-order valence-corrected chi connectivity index (χ2v) is 6.30. The minimum absolute atomic E-state index is 0.266. The van der Waals surface area contributed by atoms with Crippen LogP contribution in [0.4, 0.5) is 0 Å². The Kier molecular flexibility index (Phi) is 3.09. The fraction of sp³-hybridized carbons (Fsp3) is 0.889. The van der Waals surface area contributed by atoms with Crippen LogP contribution in [0.2, 0.25) is 0 Å². The van der Waals surface area contributed by atoms with Crippen molar-refractivity contribution < 1.29 is 4.79 Å². The summed E-state index contributed by atoms with van der Waals surface area (Å²) < 4.78 is 0. The summed E-state index contributed by atoms with van der Waals surface area (Å²) in [5.41, 5.74) is 0. The van der Waals surface area contributed by atoms with Crippen LogP contribution in [0, 0.1) is 5.92 Å². The maximum Gasteiger partial charge on any atom is 0.219 e. The van der Waals surface area contributed by atoms with Crippen molar-refractivity contribution in [3.63, 3.8) is 0 Å². The van der Waals surface area contributed by atoms with Gasteiger partial charge in [-0.25, -0.2) is 0 Å². The van der Waals surface area contributed by atoms with Gasteiger partial charge in [0.25, 0.3) is 0 Å². The number of hydrogen-bond acceptors (Lipinski definition) is 3. The molecule has 0 radical (unpaired) electrons. The Bertz CT molecular complexity index is 208. The third kappa shape index (κ3) is 1.99. The molecule has 2 aliphatic heterocycles. The number of rotatable bonds is 0. The quantitative estimate of drug-likeness (QED) is 0.579. The average molecular weight is 217 g/mol. The van der Waals surface area contributed by atoms with Gasteiger partial charge in [-0.2, -0.15) is 0 Å². The molecule has 2 fully saturated rings. The molecule has 0 aromatic heterocycles. The summed E-state index contributed by atoms with van der Waals surface area (Å²) in [5.74, 6) is 3.40. The Morgan fingerprint density at radius 1 is 1.38 bits per heavy atom. The molecule has 0 bridgehead atoms. The molecule has 0 aromatic rings. The SMILES string of the molecule is CC(=O)N1CCC[C@@H]2CSSC[C@@H]21. The summed E-state index contributed by atoms with van der Waals surface area (Å²) in [7, 11) is 3.90. The van der Waals surface area contributed by atoms with E-state index in [1.807, 2.05) is 21.6 Å². The lowest BCUT2D eigenvalue weighted by atomic mass is 9.91. The van der Waals surface area contributed by atoms with E-state index in [9.17, 15) is 4.79 Å². The van der Waals surface area contributed by atoms with Crippen LogP contribution in [-0.4, -0.2) is 34.9 Å². The van der Waals surface area contributed by atoms with Crippen LogP contribution >= 0.6 is 21.6 Å². The zero-order valence-electron chi connectivity index (χ0n) is 7.86. The molecule has 4 heteroatoms. The first-order valence-electron chi connectivity index (χ1n) is 4.80. The van der Waals surface area contributed by atoms with Crippen molar-refractivity contribution in [2.24, 2.45) is 5.92 Å². The van der Waals surface area contributed by atoms with E-state index in [0.29, 0.717) is 6.04 Å². The number of amides is 1. The molecule has 0 aliphatic carbocycles. The van der Waals surface area contributed by atoms with E-state index in [4.69, 9.17) is 0 Å². The van der Waals surface area contributed by atoms with E-state index in [2.05, 4.69) is 4.90 Å². The van der Waals surface area contributed by atoms with Crippen LogP contribution in [-0.2, 0) is 4.79 Å². The Morgan fingerprint density at radius 2 is 2.15 bits per heavy atom. The highest BCUT2D eigenvalue weighted by molar-refractivity contribution is 8.76. The van der Waals surface area contributed by atoms with Crippen molar-refractivity contribution in [1.29, 1.82) is 0 Å². The van der Waals surface area contributed by atoms with Crippen molar-refractivity contribution in [1.82, 2.24) is 4.90 Å². The largest absolute Gasteiger partial charge is 0.339 e. The first-order valence-corrected chi connectivity index (χ1v) is 7.29. The Balaban J connectivity index is 2.06. The van der Waals surface area contributed by atoms with Crippen molar-refractivity contribution in [3.05, 3.63) is 0 Å².